The number of nitrogens with zero attached hydrogens (tertiary/aromatic N) is 1. The summed E-state index contributed by atoms with van der Waals surface area (Å²) in [5.74, 6) is -1.26. The zero-order valence-corrected chi connectivity index (χ0v) is 13.8. The average Bonchev–Trinajstić information content (AvgIpc) is 2.45. The molecule has 4 nitrogen and oxygen atoms in total. The smallest absolute Gasteiger partial charge is 0.304 e. The molecule has 0 saturated heterocycles. The molecule has 0 spiro atoms. The van der Waals surface area contributed by atoms with Crippen LogP contribution in [-0.4, -0.2) is 35.0 Å². The number of aliphatic carboxylic acids is 1. The third-order valence-electron chi connectivity index (χ3n) is 3.67. The van der Waals surface area contributed by atoms with E-state index < -0.39 is 5.97 Å². The van der Waals surface area contributed by atoms with Gasteiger partial charge in [0, 0.05) is 19.0 Å². The van der Waals surface area contributed by atoms with E-state index in [0.29, 0.717) is 19.5 Å². The first-order valence-electron chi connectivity index (χ1n) is 8.22. The fraction of sp³-hybridized carbons (Fsp3) is 0.765. The van der Waals surface area contributed by atoms with E-state index in [1.807, 2.05) is 13.8 Å². The third kappa shape index (κ3) is 9.27. The summed E-state index contributed by atoms with van der Waals surface area (Å²) in [5.41, 5.74) is 0. The molecule has 0 aromatic carbocycles. The molecule has 1 unspecified atom stereocenters. The van der Waals surface area contributed by atoms with E-state index in [4.69, 9.17) is 5.11 Å². The van der Waals surface area contributed by atoms with Crippen molar-refractivity contribution in [1.82, 2.24) is 4.90 Å². The molecule has 0 saturated carbocycles. The number of rotatable bonds is 12. The van der Waals surface area contributed by atoms with Gasteiger partial charge in [0.05, 0.1) is 6.42 Å². The standard InChI is InChI=1S/C17H31NO3/c1-4-7-8-9-10-11-12-13-15(14-16(19)20)17(21)18(5-2)6-3/h7-8,15H,4-6,9-14H2,1-3H3,(H,19,20)/b8-7+. The largest absolute Gasteiger partial charge is 0.481 e. The molecule has 0 aliphatic carbocycles. The van der Waals surface area contributed by atoms with Crippen molar-refractivity contribution in [2.75, 3.05) is 13.1 Å². The number of amides is 1. The van der Waals surface area contributed by atoms with E-state index >= 15 is 0 Å². The summed E-state index contributed by atoms with van der Waals surface area (Å²) in [6.07, 6.45) is 10.2. The van der Waals surface area contributed by atoms with Crippen molar-refractivity contribution in [2.45, 2.75) is 65.7 Å². The molecule has 0 aliphatic heterocycles. The van der Waals surface area contributed by atoms with Gasteiger partial charge in [0.1, 0.15) is 0 Å². The minimum atomic E-state index is -0.883. The average molecular weight is 297 g/mol. The van der Waals surface area contributed by atoms with E-state index in [9.17, 15) is 9.59 Å². The molecule has 122 valence electrons. The first-order valence-corrected chi connectivity index (χ1v) is 8.22. The number of hydrogen-bond donors (Lipinski definition) is 1. The van der Waals surface area contributed by atoms with E-state index in [2.05, 4.69) is 19.1 Å². The van der Waals surface area contributed by atoms with Gasteiger partial charge in [-0.2, -0.15) is 0 Å². The van der Waals surface area contributed by atoms with Crippen LogP contribution >= 0.6 is 0 Å². The SMILES string of the molecule is CC/C=C/CCCCCC(CC(=O)O)C(=O)N(CC)CC. The van der Waals surface area contributed by atoms with Crippen molar-refractivity contribution < 1.29 is 14.7 Å². The first kappa shape index (κ1) is 19.7. The van der Waals surface area contributed by atoms with Crippen LogP contribution in [-0.2, 0) is 9.59 Å². The van der Waals surface area contributed by atoms with Crippen LogP contribution in [0.5, 0.6) is 0 Å². The normalized spacial score (nSPS) is 12.5. The van der Waals surface area contributed by atoms with Crippen LogP contribution < -0.4 is 0 Å². The van der Waals surface area contributed by atoms with Gasteiger partial charge in [0.2, 0.25) is 5.91 Å². The Morgan fingerprint density at radius 2 is 1.71 bits per heavy atom. The number of carboxylic acid groups (broad SMARTS) is 1. The lowest BCUT2D eigenvalue weighted by molar-refractivity contribution is -0.144. The Morgan fingerprint density at radius 3 is 2.24 bits per heavy atom. The number of hydrogen-bond acceptors (Lipinski definition) is 2. The highest BCUT2D eigenvalue weighted by molar-refractivity contribution is 5.83. The lowest BCUT2D eigenvalue weighted by Gasteiger charge is -2.24. The first-order chi connectivity index (χ1) is 10.1. The van der Waals surface area contributed by atoms with Gasteiger partial charge in [0.15, 0.2) is 0 Å². The predicted octanol–water partition coefficient (Wildman–Crippen LogP) is 3.86. The van der Waals surface area contributed by atoms with E-state index in [-0.39, 0.29) is 18.2 Å². The summed E-state index contributed by atoms with van der Waals surface area (Å²) in [6, 6.07) is 0. The Kier molecular flexibility index (Phi) is 11.6. The van der Waals surface area contributed by atoms with Gasteiger partial charge >= 0.3 is 5.97 Å². The molecule has 0 aromatic heterocycles. The van der Waals surface area contributed by atoms with E-state index in [1.165, 1.54) is 0 Å². The number of allylic oxidation sites excluding steroid dienone is 2. The Labute approximate surface area is 129 Å². The molecular formula is C17H31NO3. The van der Waals surface area contributed by atoms with Crippen LogP contribution in [0, 0.1) is 5.92 Å². The van der Waals surface area contributed by atoms with Crippen LogP contribution in [0.15, 0.2) is 12.2 Å². The second-order valence-corrected chi connectivity index (χ2v) is 5.32. The molecule has 0 aromatic rings. The number of carbonyl (C=O) groups is 2. The fourth-order valence-electron chi connectivity index (χ4n) is 2.43. The van der Waals surface area contributed by atoms with E-state index in [1.54, 1.807) is 4.90 Å². The van der Waals surface area contributed by atoms with Gasteiger partial charge in [0.25, 0.3) is 0 Å². The topological polar surface area (TPSA) is 57.6 Å². The molecule has 1 atom stereocenters. The lowest BCUT2D eigenvalue weighted by atomic mass is 9.95. The summed E-state index contributed by atoms with van der Waals surface area (Å²) >= 11 is 0. The maximum absolute atomic E-state index is 12.3. The molecule has 0 radical (unpaired) electrons. The zero-order valence-electron chi connectivity index (χ0n) is 13.8. The molecule has 21 heavy (non-hydrogen) atoms. The Bertz CT molecular complexity index is 322. The van der Waals surface area contributed by atoms with Crippen molar-refractivity contribution in [3.63, 3.8) is 0 Å². The van der Waals surface area contributed by atoms with Crippen LogP contribution in [0.25, 0.3) is 0 Å². The molecular weight excluding hydrogens is 266 g/mol. The summed E-state index contributed by atoms with van der Waals surface area (Å²) in [6.45, 7) is 7.27. The molecule has 0 rings (SSSR count). The van der Waals surface area contributed by atoms with Gasteiger partial charge in [-0.05, 0) is 39.5 Å². The molecule has 4 heteroatoms. The number of carboxylic acids is 1. The maximum atomic E-state index is 12.3. The summed E-state index contributed by atoms with van der Waals surface area (Å²) < 4.78 is 0. The highest BCUT2D eigenvalue weighted by Gasteiger charge is 2.24. The molecule has 1 amide bonds. The monoisotopic (exact) mass is 297 g/mol. The maximum Gasteiger partial charge on any atom is 0.304 e. The van der Waals surface area contributed by atoms with Gasteiger partial charge in [-0.3, -0.25) is 9.59 Å². The van der Waals surface area contributed by atoms with E-state index in [0.717, 1.165) is 32.1 Å². The molecule has 0 fully saturated rings. The van der Waals surface area contributed by atoms with Gasteiger partial charge in [-0.15, -0.1) is 0 Å². The second-order valence-electron chi connectivity index (χ2n) is 5.32. The van der Waals surface area contributed by atoms with Crippen molar-refractivity contribution in [3.8, 4) is 0 Å². The van der Waals surface area contributed by atoms with Gasteiger partial charge in [-0.1, -0.05) is 31.9 Å². The summed E-state index contributed by atoms with van der Waals surface area (Å²) in [4.78, 5) is 25.0. The molecule has 0 bridgehead atoms. The second kappa shape index (κ2) is 12.4. The fourth-order valence-corrected chi connectivity index (χ4v) is 2.43. The lowest BCUT2D eigenvalue weighted by Crippen LogP contribution is -2.36. The predicted molar refractivity (Wildman–Crippen MR) is 86.2 cm³/mol. The molecule has 0 heterocycles. The quantitative estimate of drug-likeness (QED) is 0.439. The summed E-state index contributed by atoms with van der Waals surface area (Å²) in [7, 11) is 0. The molecule has 0 aliphatic rings. The number of carbonyl (C=O) groups excluding carboxylic acids is 1. The number of unbranched alkanes of at least 4 members (excludes halogenated alkanes) is 3. The van der Waals surface area contributed by atoms with Gasteiger partial charge in [-0.25, -0.2) is 0 Å². The Balaban J connectivity index is 4.21. The van der Waals surface area contributed by atoms with Crippen LogP contribution in [0.1, 0.15) is 65.7 Å². The highest BCUT2D eigenvalue weighted by Crippen LogP contribution is 2.18. The van der Waals surface area contributed by atoms with Crippen LogP contribution in [0.4, 0.5) is 0 Å². The van der Waals surface area contributed by atoms with Crippen molar-refractivity contribution in [3.05, 3.63) is 12.2 Å². The molecule has 1 N–H and O–H groups in total. The minimum Gasteiger partial charge on any atom is -0.481 e. The van der Waals surface area contributed by atoms with Crippen molar-refractivity contribution in [1.29, 1.82) is 0 Å². The van der Waals surface area contributed by atoms with Crippen LogP contribution in [0.3, 0.4) is 0 Å². The van der Waals surface area contributed by atoms with Crippen molar-refractivity contribution in [2.24, 2.45) is 5.92 Å². The minimum absolute atomic E-state index is 0.00622. The highest BCUT2D eigenvalue weighted by atomic mass is 16.4. The van der Waals surface area contributed by atoms with Crippen LogP contribution in [0.2, 0.25) is 0 Å². The Morgan fingerprint density at radius 1 is 1.05 bits per heavy atom. The zero-order chi connectivity index (χ0) is 16.1. The van der Waals surface area contributed by atoms with Crippen molar-refractivity contribution >= 4 is 11.9 Å². The summed E-state index contributed by atoms with van der Waals surface area (Å²) in [5, 5.41) is 8.98. The Hall–Kier alpha value is -1.32. The van der Waals surface area contributed by atoms with Gasteiger partial charge < -0.3 is 10.0 Å². The third-order valence-corrected chi connectivity index (χ3v) is 3.67.